The van der Waals surface area contributed by atoms with Gasteiger partial charge in [-0.2, -0.15) is 0 Å². The minimum absolute atomic E-state index is 0.0533. The van der Waals surface area contributed by atoms with Crippen molar-refractivity contribution in [2.45, 2.75) is 36.7 Å². The van der Waals surface area contributed by atoms with E-state index in [4.69, 9.17) is 0 Å². The van der Waals surface area contributed by atoms with Crippen LogP contribution in [0.25, 0.3) is 28.1 Å². The smallest absolute Gasteiger partial charge is 0.326 e. The number of carbonyl (C=O) groups excluding carboxylic acids is 1. The largest absolute Gasteiger partial charge is 0.337 e. The number of aromatic amines is 1. The van der Waals surface area contributed by atoms with Gasteiger partial charge in [-0.05, 0) is 56.2 Å². The molecule has 43 heavy (non-hydrogen) atoms. The van der Waals surface area contributed by atoms with E-state index in [0.717, 1.165) is 32.4 Å². The summed E-state index contributed by atoms with van der Waals surface area (Å²) in [4.78, 5) is 39.7. The number of likely N-dealkylation sites (tertiary alicyclic amines) is 1. The molecule has 0 aliphatic carbocycles. The van der Waals surface area contributed by atoms with Crippen LogP contribution in [0.5, 0.6) is 0 Å². The van der Waals surface area contributed by atoms with Crippen molar-refractivity contribution in [2.24, 2.45) is 0 Å². The Morgan fingerprint density at radius 1 is 1.05 bits per heavy atom. The number of nitrogens with one attached hydrogen (secondary N) is 1. The second-order valence-electron chi connectivity index (χ2n) is 10.5. The van der Waals surface area contributed by atoms with E-state index in [9.17, 15) is 9.59 Å². The quantitative estimate of drug-likeness (QED) is 0.238. The van der Waals surface area contributed by atoms with E-state index in [1.165, 1.54) is 28.7 Å². The lowest BCUT2D eigenvalue weighted by Crippen LogP contribution is -2.40. The maximum absolute atomic E-state index is 13.3. The number of piperidine rings is 1. The number of fused-ring (bicyclic) bond motifs is 1. The van der Waals surface area contributed by atoms with Crippen LogP contribution in [0.1, 0.15) is 39.9 Å². The minimum atomic E-state index is -0.0987. The molecule has 4 aromatic heterocycles. The van der Waals surface area contributed by atoms with E-state index < -0.39 is 0 Å². The third-order valence-corrected chi connectivity index (χ3v) is 9.65. The van der Waals surface area contributed by atoms with Crippen LogP contribution in [0, 0.1) is 6.92 Å². The molecule has 0 bridgehead atoms. The lowest BCUT2D eigenvalue weighted by Gasteiger charge is -2.32. The number of para-hydroxylation sites is 2. The number of benzene rings is 2. The SMILES string of the molecule is Cc1ccc(-n2c(SCc3nc(C(=O)N4CCC(n5c(=O)[nH]c6ccccc65)CC4)cs3)nnc2-c2cccnc2)cc1. The number of amides is 1. The molecule has 12 heteroatoms. The summed E-state index contributed by atoms with van der Waals surface area (Å²) in [5.74, 6) is 1.20. The first kappa shape index (κ1) is 27.3. The molecular formula is C31H28N8O2S2. The van der Waals surface area contributed by atoms with Crippen LogP contribution in [0.3, 0.4) is 0 Å². The molecule has 5 heterocycles. The van der Waals surface area contributed by atoms with Gasteiger partial charge in [0.25, 0.3) is 5.91 Å². The number of pyridine rings is 1. The van der Waals surface area contributed by atoms with Crippen molar-refractivity contribution in [2.75, 3.05) is 13.1 Å². The number of aromatic nitrogens is 7. The highest BCUT2D eigenvalue weighted by Crippen LogP contribution is 2.31. The van der Waals surface area contributed by atoms with Crippen molar-refractivity contribution < 1.29 is 4.79 Å². The summed E-state index contributed by atoms with van der Waals surface area (Å²) in [7, 11) is 0. The summed E-state index contributed by atoms with van der Waals surface area (Å²) in [6.45, 7) is 3.21. The van der Waals surface area contributed by atoms with Crippen molar-refractivity contribution in [3.8, 4) is 17.1 Å². The fraction of sp³-hybridized carbons (Fsp3) is 0.226. The monoisotopic (exact) mass is 608 g/mol. The average Bonchev–Trinajstić information content (AvgIpc) is 3.77. The lowest BCUT2D eigenvalue weighted by atomic mass is 10.0. The highest BCUT2D eigenvalue weighted by Gasteiger charge is 2.28. The van der Waals surface area contributed by atoms with Crippen LogP contribution in [0.2, 0.25) is 0 Å². The fourth-order valence-corrected chi connectivity index (χ4v) is 7.24. The standard InChI is InChI=1S/C31H28N8O2S2/c1-20-8-10-22(11-9-20)39-28(21-5-4-14-32-17-21)35-36-31(39)43-19-27-33-25(18-42-27)29(40)37-15-12-23(13-16-37)38-26-7-3-2-6-24(26)34-30(38)41/h2-11,14,17-18,23H,12-13,15-16,19H2,1H3,(H,34,41). The first-order valence-electron chi connectivity index (χ1n) is 14.0. The Hall–Kier alpha value is -4.55. The molecule has 0 radical (unpaired) electrons. The highest BCUT2D eigenvalue weighted by atomic mass is 32.2. The zero-order valence-corrected chi connectivity index (χ0v) is 25.0. The van der Waals surface area contributed by atoms with E-state index >= 15 is 0 Å². The third kappa shape index (κ3) is 5.39. The zero-order chi connectivity index (χ0) is 29.3. The molecule has 1 N–H and O–H groups in total. The van der Waals surface area contributed by atoms with Gasteiger partial charge in [-0.25, -0.2) is 9.78 Å². The molecule has 1 fully saturated rings. The van der Waals surface area contributed by atoms with E-state index in [1.54, 1.807) is 12.4 Å². The fourth-order valence-electron chi connectivity index (χ4n) is 5.50. The van der Waals surface area contributed by atoms with E-state index in [1.807, 2.05) is 55.8 Å². The molecule has 10 nitrogen and oxygen atoms in total. The number of rotatable bonds is 7. The van der Waals surface area contributed by atoms with Crippen molar-refractivity contribution in [3.63, 3.8) is 0 Å². The Labute approximate surface area is 255 Å². The summed E-state index contributed by atoms with van der Waals surface area (Å²) >= 11 is 3.01. The number of aryl methyl sites for hydroxylation is 1. The van der Waals surface area contributed by atoms with Gasteiger partial charge in [0.1, 0.15) is 10.7 Å². The van der Waals surface area contributed by atoms with Crippen LogP contribution < -0.4 is 5.69 Å². The first-order chi connectivity index (χ1) is 21.0. The normalized spacial score (nSPS) is 14.0. The molecule has 0 atom stereocenters. The number of hydrogen-bond donors (Lipinski definition) is 1. The predicted octanol–water partition coefficient (Wildman–Crippen LogP) is 5.51. The molecule has 1 saturated heterocycles. The maximum atomic E-state index is 13.3. The highest BCUT2D eigenvalue weighted by molar-refractivity contribution is 7.98. The van der Waals surface area contributed by atoms with Crippen LogP contribution in [0.4, 0.5) is 0 Å². The zero-order valence-electron chi connectivity index (χ0n) is 23.4. The molecule has 1 aliphatic rings. The van der Waals surface area contributed by atoms with Gasteiger partial charge in [0.2, 0.25) is 0 Å². The van der Waals surface area contributed by atoms with Gasteiger partial charge in [-0.1, -0.05) is 41.6 Å². The maximum Gasteiger partial charge on any atom is 0.326 e. The summed E-state index contributed by atoms with van der Waals surface area (Å²) in [5, 5.41) is 12.4. The molecule has 1 amide bonds. The number of imidazole rings is 1. The van der Waals surface area contributed by atoms with Crippen molar-refractivity contribution >= 4 is 40.0 Å². The van der Waals surface area contributed by atoms with Crippen molar-refractivity contribution in [1.29, 1.82) is 0 Å². The molecule has 7 rings (SSSR count). The molecule has 216 valence electrons. The summed E-state index contributed by atoms with van der Waals surface area (Å²) < 4.78 is 3.87. The second-order valence-corrected chi connectivity index (χ2v) is 12.4. The van der Waals surface area contributed by atoms with E-state index in [-0.39, 0.29) is 17.6 Å². The number of thioether (sulfide) groups is 1. The number of carbonyl (C=O) groups is 1. The molecule has 6 aromatic rings. The minimum Gasteiger partial charge on any atom is -0.337 e. The third-order valence-electron chi connectivity index (χ3n) is 7.68. The van der Waals surface area contributed by atoms with Gasteiger partial charge in [0, 0.05) is 48.2 Å². The number of hydrogen-bond acceptors (Lipinski definition) is 8. The topological polar surface area (TPSA) is 115 Å². The molecule has 1 aliphatic heterocycles. The predicted molar refractivity (Wildman–Crippen MR) is 168 cm³/mol. The molecular weight excluding hydrogens is 581 g/mol. The number of nitrogens with zero attached hydrogens (tertiary/aromatic N) is 7. The van der Waals surface area contributed by atoms with Gasteiger partial charge in [0.05, 0.1) is 16.8 Å². The van der Waals surface area contributed by atoms with Gasteiger partial charge in [-0.15, -0.1) is 21.5 Å². The van der Waals surface area contributed by atoms with Crippen LogP contribution >= 0.6 is 23.1 Å². The Morgan fingerprint density at radius 3 is 2.65 bits per heavy atom. The first-order valence-corrected chi connectivity index (χ1v) is 15.9. The van der Waals surface area contributed by atoms with Gasteiger partial charge < -0.3 is 9.88 Å². The summed E-state index contributed by atoms with van der Waals surface area (Å²) in [5.41, 5.74) is 5.12. The molecule has 0 spiro atoms. The lowest BCUT2D eigenvalue weighted by molar-refractivity contribution is 0.0689. The number of thiazole rings is 1. The van der Waals surface area contributed by atoms with Crippen LogP contribution in [0.15, 0.2) is 88.4 Å². The van der Waals surface area contributed by atoms with Crippen LogP contribution in [-0.2, 0) is 5.75 Å². The van der Waals surface area contributed by atoms with Gasteiger partial charge in [0.15, 0.2) is 11.0 Å². The summed E-state index contributed by atoms with van der Waals surface area (Å²) in [6.07, 6.45) is 4.95. The average molecular weight is 609 g/mol. The van der Waals surface area contributed by atoms with E-state index in [2.05, 4.69) is 56.3 Å². The Morgan fingerprint density at radius 2 is 1.86 bits per heavy atom. The number of H-pyrrole nitrogens is 1. The second kappa shape index (κ2) is 11.6. The van der Waals surface area contributed by atoms with Crippen LogP contribution in [-0.4, -0.2) is 58.2 Å². The molecule has 2 aromatic carbocycles. The van der Waals surface area contributed by atoms with Crippen molar-refractivity contribution in [1.82, 2.24) is 39.2 Å². The summed E-state index contributed by atoms with van der Waals surface area (Å²) in [6, 6.07) is 19.9. The molecule has 0 saturated carbocycles. The van der Waals surface area contributed by atoms with Crippen molar-refractivity contribution in [3.05, 3.63) is 105 Å². The Bertz CT molecular complexity index is 1950. The molecule has 0 unspecified atom stereocenters. The van der Waals surface area contributed by atoms with Gasteiger partial charge >= 0.3 is 5.69 Å². The van der Waals surface area contributed by atoms with Gasteiger partial charge in [-0.3, -0.25) is 18.9 Å². The Kier molecular flexibility index (Phi) is 7.37. The Balaban J connectivity index is 1.04. The van der Waals surface area contributed by atoms with E-state index in [0.29, 0.717) is 43.2 Å².